The third-order valence-electron chi connectivity index (χ3n) is 4.34. The summed E-state index contributed by atoms with van der Waals surface area (Å²) in [5.41, 5.74) is 0.981. The van der Waals surface area contributed by atoms with E-state index in [9.17, 15) is 9.90 Å². The topological polar surface area (TPSA) is 49.8 Å². The van der Waals surface area contributed by atoms with Gasteiger partial charge in [-0.2, -0.15) is 0 Å². The molecule has 0 bridgehead atoms. The SMILES string of the molecule is CCOC(=O)C(C)N1CCC(C(O)c2ccccc2)CC1. The fourth-order valence-electron chi connectivity index (χ4n) is 2.96. The molecule has 2 atom stereocenters. The summed E-state index contributed by atoms with van der Waals surface area (Å²) < 4.78 is 5.07. The van der Waals surface area contributed by atoms with Crippen molar-refractivity contribution in [3.05, 3.63) is 35.9 Å². The van der Waals surface area contributed by atoms with Crippen LogP contribution in [0.5, 0.6) is 0 Å². The maximum atomic E-state index is 11.8. The number of carbonyl (C=O) groups excluding carboxylic acids is 1. The maximum absolute atomic E-state index is 11.8. The lowest BCUT2D eigenvalue weighted by Gasteiger charge is -2.36. The second kappa shape index (κ2) is 7.57. The molecule has 116 valence electrons. The standard InChI is InChI=1S/C17H25NO3/c1-3-21-17(20)13(2)18-11-9-15(10-12-18)16(19)14-7-5-4-6-8-14/h4-8,13,15-16,19H,3,9-12H2,1-2H3. The smallest absolute Gasteiger partial charge is 0.323 e. The predicted molar refractivity (Wildman–Crippen MR) is 81.8 cm³/mol. The molecule has 21 heavy (non-hydrogen) atoms. The molecule has 1 N–H and O–H groups in total. The van der Waals surface area contributed by atoms with Gasteiger partial charge in [-0.3, -0.25) is 9.69 Å². The normalized spacial score (nSPS) is 20.0. The number of esters is 1. The van der Waals surface area contributed by atoms with E-state index in [2.05, 4.69) is 4.90 Å². The number of aliphatic hydroxyl groups excluding tert-OH is 1. The van der Waals surface area contributed by atoms with Gasteiger partial charge in [0.2, 0.25) is 0 Å². The zero-order valence-electron chi connectivity index (χ0n) is 12.9. The van der Waals surface area contributed by atoms with Gasteiger partial charge in [0, 0.05) is 0 Å². The van der Waals surface area contributed by atoms with E-state index in [0.29, 0.717) is 6.61 Å². The Morgan fingerprint density at radius 2 is 1.95 bits per heavy atom. The number of carbonyl (C=O) groups is 1. The summed E-state index contributed by atoms with van der Waals surface area (Å²) in [5.74, 6) is 0.109. The minimum absolute atomic E-state index is 0.153. The van der Waals surface area contributed by atoms with Crippen LogP contribution in [-0.2, 0) is 9.53 Å². The van der Waals surface area contributed by atoms with E-state index < -0.39 is 6.10 Å². The van der Waals surface area contributed by atoms with E-state index in [1.807, 2.05) is 44.2 Å². The molecule has 2 unspecified atom stereocenters. The number of rotatable bonds is 5. The summed E-state index contributed by atoms with van der Waals surface area (Å²) in [5, 5.41) is 10.5. The maximum Gasteiger partial charge on any atom is 0.323 e. The van der Waals surface area contributed by atoms with Gasteiger partial charge < -0.3 is 9.84 Å². The van der Waals surface area contributed by atoms with Crippen LogP contribution in [-0.4, -0.2) is 41.7 Å². The van der Waals surface area contributed by atoms with E-state index in [0.717, 1.165) is 31.5 Å². The van der Waals surface area contributed by atoms with Crippen LogP contribution >= 0.6 is 0 Å². The molecule has 4 heteroatoms. The largest absolute Gasteiger partial charge is 0.465 e. The summed E-state index contributed by atoms with van der Waals surface area (Å²) in [6, 6.07) is 9.61. The fourth-order valence-corrected chi connectivity index (χ4v) is 2.96. The van der Waals surface area contributed by atoms with Crippen molar-refractivity contribution in [1.82, 2.24) is 4.90 Å². The van der Waals surface area contributed by atoms with Crippen LogP contribution < -0.4 is 0 Å². The molecule has 1 saturated heterocycles. The van der Waals surface area contributed by atoms with Crippen molar-refractivity contribution in [3.8, 4) is 0 Å². The first kappa shape index (κ1) is 16.0. The Hall–Kier alpha value is -1.39. The summed E-state index contributed by atoms with van der Waals surface area (Å²) in [4.78, 5) is 13.9. The Morgan fingerprint density at radius 1 is 1.33 bits per heavy atom. The molecular weight excluding hydrogens is 266 g/mol. The lowest BCUT2D eigenvalue weighted by atomic mass is 9.87. The van der Waals surface area contributed by atoms with Crippen LogP contribution in [0.2, 0.25) is 0 Å². The van der Waals surface area contributed by atoms with Gasteiger partial charge in [-0.25, -0.2) is 0 Å². The highest BCUT2D eigenvalue weighted by atomic mass is 16.5. The molecule has 0 amide bonds. The monoisotopic (exact) mass is 291 g/mol. The fraction of sp³-hybridized carbons (Fsp3) is 0.588. The average Bonchev–Trinajstić information content (AvgIpc) is 2.54. The number of hydrogen-bond acceptors (Lipinski definition) is 4. The van der Waals surface area contributed by atoms with Crippen molar-refractivity contribution in [2.24, 2.45) is 5.92 Å². The molecule has 0 radical (unpaired) electrons. The van der Waals surface area contributed by atoms with Crippen molar-refractivity contribution < 1.29 is 14.6 Å². The molecule has 1 aliphatic rings. The van der Waals surface area contributed by atoms with Gasteiger partial charge in [0.05, 0.1) is 12.7 Å². The Bertz CT molecular complexity index is 441. The van der Waals surface area contributed by atoms with Crippen LogP contribution in [0.25, 0.3) is 0 Å². The molecular formula is C17H25NO3. The summed E-state index contributed by atoms with van der Waals surface area (Å²) in [7, 11) is 0. The lowest BCUT2D eigenvalue weighted by Crippen LogP contribution is -2.45. The molecule has 1 aliphatic heterocycles. The summed E-state index contributed by atoms with van der Waals surface area (Å²) in [6.07, 6.45) is 1.39. The van der Waals surface area contributed by atoms with Crippen LogP contribution in [0, 0.1) is 5.92 Å². The van der Waals surface area contributed by atoms with Gasteiger partial charge in [0.15, 0.2) is 0 Å². The molecule has 0 saturated carbocycles. The number of nitrogens with zero attached hydrogens (tertiary/aromatic N) is 1. The number of benzene rings is 1. The predicted octanol–water partition coefficient (Wildman–Crippen LogP) is 2.38. The Kier molecular flexibility index (Phi) is 5.76. The summed E-state index contributed by atoms with van der Waals surface area (Å²) >= 11 is 0. The van der Waals surface area contributed by atoms with E-state index in [4.69, 9.17) is 4.74 Å². The minimum Gasteiger partial charge on any atom is -0.465 e. The van der Waals surface area contributed by atoms with Crippen molar-refractivity contribution in [3.63, 3.8) is 0 Å². The van der Waals surface area contributed by atoms with Crippen LogP contribution in [0.15, 0.2) is 30.3 Å². The molecule has 1 aromatic carbocycles. The molecule has 2 rings (SSSR count). The molecule has 0 aromatic heterocycles. The molecule has 1 heterocycles. The van der Waals surface area contributed by atoms with Gasteiger partial charge in [-0.05, 0) is 51.3 Å². The number of ether oxygens (including phenoxy) is 1. The second-order valence-electron chi connectivity index (χ2n) is 5.66. The third kappa shape index (κ3) is 4.05. The third-order valence-corrected chi connectivity index (χ3v) is 4.34. The van der Waals surface area contributed by atoms with Gasteiger partial charge in [0.1, 0.15) is 6.04 Å². The van der Waals surface area contributed by atoms with Crippen molar-refractivity contribution >= 4 is 5.97 Å². The Balaban J connectivity index is 1.87. The number of likely N-dealkylation sites (tertiary alicyclic amines) is 1. The Morgan fingerprint density at radius 3 is 2.52 bits per heavy atom. The number of piperidine rings is 1. The molecule has 4 nitrogen and oxygen atoms in total. The minimum atomic E-state index is -0.411. The quantitative estimate of drug-likeness (QED) is 0.846. The zero-order valence-corrected chi connectivity index (χ0v) is 12.9. The first-order valence-electron chi connectivity index (χ1n) is 7.77. The van der Waals surface area contributed by atoms with Gasteiger partial charge >= 0.3 is 5.97 Å². The highest BCUT2D eigenvalue weighted by Crippen LogP contribution is 2.31. The van der Waals surface area contributed by atoms with Crippen molar-refractivity contribution in [1.29, 1.82) is 0 Å². The molecule has 0 spiro atoms. The first-order chi connectivity index (χ1) is 10.1. The molecule has 1 fully saturated rings. The van der Waals surface area contributed by atoms with Gasteiger partial charge in [0.25, 0.3) is 0 Å². The molecule has 1 aromatic rings. The number of hydrogen-bond donors (Lipinski definition) is 1. The van der Waals surface area contributed by atoms with E-state index in [1.54, 1.807) is 0 Å². The summed E-state index contributed by atoms with van der Waals surface area (Å²) in [6.45, 7) is 5.80. The Labute approximate surface area is 126 Å². The van der Waals surface area contributed by atoms with Crippen molar-refractivity contribution in [2.75, 3.05) is 19.7 Å². The van der Waals surface area contributed by atoms with Crippen LogP contribution in [0.3, 0.4) is 0 Å². The average molecular weight is 291 g/mol. The lowest BCUT2D eigenvalue weighted by molar-refractivity contribution is -0.149. The first-order valence-corrected chi connectivity index (χ1v) is 7.77. The van der Waals surface area contributed by atoms with Crippen LogP contribution in [0.1, 0.15) is 38.4 Å². The van der Waals surface area contributed by atoms with E-state index in [-0.39, 0.29) is 17.9 Å². The van der Waals surface area contributed by atoms with E-state index >= 15 is 0 Å². The zero-order chi connectivity index (χ0) is 15.2. The van der Waals surface area contributed by atoms with E-state index in [1.165, 1.54) is 0 Å². The number of aliphatic hydroxyl groups is 1. The highest BCUT2D eigenvalue weighted by molar-refractivity contribution is 5.75. The van der Waals surface area contributed by atoms with Crippen LogP contribution in [0.4, 0.5) is 0 Å². The second-order valence-corrected chi connectivity index (χ2v) is 5.66. The van der Waals surface area contributed by atoms with Crippen molar-refractivity contribution in [2.45, 2.75) is 38.8 Å². The van der Waals surface area contributed by atoms with Gasteiger partial charge in [-0.15, -0.1) is 0 Å². The van der Waals surface area contributed by atoms with Gasteiger partial charge in [-0.1, -0.05) is 30.3 Å². The highest BCUT2D eigenvalue weighted by Gasteiger charge is 2.30. The molecule has 0 aliphatic carbocycles.